The second kappa shape index (κ2) is 13.5. The molecule has 4 nitrogen and oxygen atoms in total. The minimum absolute atomic E-state index is 0.0205. The van der Waals surface area contributed by atoms with Crippen molar-refractivity contribution in [1.82, 2.24) is 5.43 Å². The molecule has 0 atom stereocenters. The van der Waals surface area contributed by atoms with Crippen LogP contribution in [0.4, 0.5) is 0 Å². The number of nitrogens with one attached hydrogen (secondary N) is 1. The molecule has 156 valence electrons. The Morgan fingerprint density at radius 3 is 2.28 bits per heavy atom. The van der Waals surface area contributed by atoms with Gasteiger partial charge in [0, 0.05) is 6.42 Å². The Balaban J connectivity index is 1.62. The van der Waals surface area contributed by atoms with Gasteiger partial charge in [0.05, 0.1) is 6.21 Å². The first-order valence-electron chi connectivity index (χ1n) is 10.8. The van der Waals surface area contributed by atoms with E-state index < -0.39 is 0 Å². The Morgan fingerprint density at radius 1 is 0.931 bits per heavy atom. The van der Waals surface area contributed by atoms with Crippen LogP contribution in [0.1, 0.15) is 75.0 Å². The number of carbonyl (C=O) groups is 1. The second-order valence-electron chi connectivity index (χ2n) is 7.51. The fourth-order valence-electron chi connectivity index (χ4n) is 2.98. The van der Waals surface area contributed by atoms with Gasteiger partial charge in [-0.25, -0.2) is 5.43 Å². The Bertz CT molecular complexity index is 736. The molecule has 0 radical (unpaired) electrons. The summed E-state index contributed by atoms with van der Waals surface area (Å²) >= 11 is 0. The maximum Gasteiger partial charge on any atom is 0.240 e. The molecule has 0 bridgehead atoms. The third-order valence-electron chi connectivity index (χ3n) is 4.82. The summed E-state index contributed by atoms with van der Waals surface area (Å²) in [5, 5.41) is 4.05. The predicted octanol–water partition coefficient (Wildman–Crippen LogP) is 6.16. The number of hydrogen-bond acceptors (Lipinski definition) is 3. The third kappa shape index (κ3) is 9.93. The van der Waals surface area contributed by atoms with E-state index in [4.69, 9.17) is 4.74 Å². The highest BCUT2D eigenvalue weighted by Gasteiger charge is 2.00. The highest BCUT2D eigenvalue weighted by molar-refractivity contribution is 5.82. The number of hydrogen-bond donors (Lipinski definition) is 1. The molecule has 0 aliphatic heterocycles. The third-order valence-corrected chi connectivity index (χ3v) is 4.82. The van der Waals surface area contributed by atoms with Gasteiger partial charge in [-0.3, -0.25) is 4.79 Å². The summed E-state index contributed by atoms with van der Waals surface area (Å²) in [6.45, 7) is 4.84. The largest absolute Gasteiger partial charge is 0.489 e. The fraction of sp³-hybridized carbons (Fsp3) is 0.440. The number of benzene rings is 2. The van der Waals surface area contributed by atoms with Gasteiger partial charge in [-0.1, -0.05) is 75.3 Å². The molecule has 1 N–H and O–H groups in total. The van der Waals surface area contributed by atoms with Crippen molar-refractivity contribution in [3.63, 3.8) is 0 Å². The van der Waals surface area contributed by atoms with Crippen LogP contribution in [0, 0.1) is 6.92 Å². The number of aryl methyl sites for hydroxylation is 1. The van der Waals surface area contributed by atoms with Gasteiger partial charge < -0.3 is 4.74 Å². The highest BCUT2D eigenvalue weighted by atomic mass is 16.5. The SMILES string of the molecule is CCCCCCCCCC(=O)N/N=C/c1ccc(OCc2ccc(C)cc2)cc1. The zero-order chi connectivity index (χ0) is 20.7. The first-order chi connectivity index (χ1) is 14.2. The monoisotopic (exact) mass is 394 g/mol. The van der Waals surface area contributed by atoms with Crippen LogP contribution in [0.15, 0.2) is 53.6 Å². The van der Waals surface area contributed by atoms with Crippen molar-refractivity contribution in [3.8, 4) is 5.75 Å². The molecule has 0 saturated carbocycles. The summed E-state index contributed by atoms with van der Waals surface area (Å²) < 4.78 is 5.80. The molecule has 0 fully saturated rings. The normalized spacial score (nSPS) is 11.0. The van der Waals surface area contributed by atoms with Gasteiger partial charge in [-0.05, 0) is 48.7 Å². The molecule has 2 aromatic rings. The summed E-state index contributed by atoms with van der Waals surface area (Å²) in [4.78, 5) is 11.8. The lowest BCUT2D eigenvalue weighted by Gasteiger charge is -2.07. The van der Waals surface area contributed by atoms with E-state index in [1.54, 1.807) is 6.21 Å². The van der Waals surface area contributed by atoms with Crippen LogP contribution in [0.3, 0.4) is 0 Å². The molecule has 29 heavy (non-hydrogen) atoms. The van der Waals surface area contributed by atoms with Crippen LogP contribution in [-0.2, 0) is 11.4 Å². The zero-order valence-corrected chi connectivity index (χ0v) is 17.8. The van der Waals surface area contributed by atoms with E-state index >= 15 is 0 Å². The van der Waals surface area contributed by atoms with Crippen LogP contribution in [-0.4, -0.2) is 12.1 Å². The topological polar surface area (TPSA) is 50.7 Å². The first-order valence-corrected chi connectivity index (χ1v) is 10.8. The van der Waals surface area contributed by atoms with Gasteiger partial charge in [-0.15, -0.1) is 0 Å². The van der Waals surface area contributed by atoms with Crippen LogP contribution >= 0.6 is 0 Å². The lowest BCUT2D eigenvalue weighted by molar-refractivity contribution is -0.121. The Kier molecular flexibility index (Phi) is 10.6. The number of unbranched alkanes of at least 4 members (excludes halogenated alkanes) is 6. The summed E-state index contributed by atoms with van der Waals surface area (Å²) in [6, 6.07) is 16.0. The Morgan fingerprint density at radius 2 is 1.59 bits per heavy atom. The molecular weight excluding hydrogens is 360 g/mol. The molecule has 0 spiro atoms. The van der Waals surface area contributed by atoms with E-state index in [1.807, 2.05) is 24.3 Å². The van der Waals surface area contributed by atoms with Crippen LogP contribution in [0.5, 0.6) is 5.75 Å². The van der Waals surface area contributed by atoms with Crippen molar-refractivity contribution in [2.24, 2.45) is 5.10 Å². The van der Waals surface area contributed by atoms with Crippen molar-refractivity contribution in [1.29, 1.82) is 0 Å². The van der Waals surface area contributed by atoms with E-state index in [1.165, 1.54) is 37.7 Å². The number of nitrogens with zero attached hydrogens (tertiary/aromatic N) is 1. The summed E-state index contributed by atoms with van der Waals surface area (Å²) in [7, 11) is 0. The summed E-state index contributed by atoms with van der Waals surface area (Å²) in [6.07, 6.45) is 10.6. The van der Waals surface area contributed by atoms with Crippen LogP contribution in [0.25, 0.3) is 0 Å². The number of hydrazone groups is 1. The maximum atomic E-state index is 11.8. The summed E-state index contributed by atoms with van der Waals surface area (Å²) in [5.41, 5.74) is 5.91. The van der Waals surface area contributed by atoms with Gasteiger partial charge in [0.1, 0.15) is 12.4 Å². The predicted molar refractivity (Wildman–Crippen MR) is 120 cm³/mol. The first kappa shape index (κ1) is 22.7. The van der Waals surface area contributed by atoms with E-state index in [9.17, 15) is 4.79 Å². The smallest absolute Gasteiger partial charge is 0.240 e. The highest BCUT2D eigenvalue weighted by Crippen LogP contribution is 2.14. The lowest BCUT2D eigenvalue weighted by Crippen LogP contribution is -2.16. The molecular formula is C25H34N2O2. The average molecular weight is 395 g/mol. The van der Waals surface area contributed by atoms with E-state index in [2.05, 4.69) is 48.6 Å². The Labute approximate surface area is 175 Å². The Hall–Kier alpha value is -2.62. The van der Waals surface area contributed by atoms with Gasteiger partial charge in [-0.2, -0.15) is 5.10 Å². The minimum atomic E-state index is -0.0205. The van der Waals surface area contributed by atoms with E-state index in [0.717, 1.165) is 29.7 Å². The molecule has 2 rings (SSSR count). The fourth-order valence-corrected chi connectivity index (χ4v) is 2.98. The average Bonchev–Trinajstić information content (AvgIpc) is 2.73. The number of amides is 1. The zero-order valence-electron chi connectivity index (χ0n) is 17.8. The molecule has 0 saturated heterocycles. The second-order valence-corrected chi connectivity index (χ2v) is 7.51. The number of rotatable bonds is 13. The molecule has 2 aromatic carbocycles. The van der Waals surface area contributed by atoms with E-state index in [-0.39, 0.29) is 5.91 Å². The molecule has 4 heteroatoms. The van der Waals surface area contributed by atoms with Crippen molar-refractivity contribution in [2.75, 3.05) is 0 Å². The van der Waals surface area contributed by atoms with Crippen LogP contribution < -0.4 is 10.2 Å². The van der Waals surface area contributed by atoms with Crippen molar-refractivity contribution in [2.45, 2.75) is 71.8 Å². The molecule has 0 aliphatic carbocycles. The van der Waals surface area contributed by atoms with Crippen molar-refractivity contribution < 1.29 is 9.53 Å². The minimum Gasteiger partial charge on any atom is -0.489 e. The lowest BCUT2D eigenvalue weighted by atomic mass is 10.1. The molecule has 0 heterocycles. The molecule has 0 aromatic heterocycles. The molecule has 1 amide bonds. The van der Waals surface area contributed by atoms with Gasteiger partial charge in [0.15, 0.2) is 0 Å². The van der Waals surface area contributed by atoms with Crippen molar-refractivity contribution in [3.05, 3.63) is 65.2 Å². The summed E-state index contributed by atoms with van der Waals surface area (Å²) in [5.74, 6) is 0.790. The number of ether oxygens (including phenoxy) is 1. The van der Waals surface area contributed by atoms with Crippen molar-refractivity contribution >= 4 is 12.1 Å². The van der Waals surface area contributed by atoms with Gasteiger partial charge >= 0.3 is 0 Å². The van der Waals surface area contributed by atoms with Gasteiger partial charge in [0.2, 0.25) is 5.91 Å². The maximum absolute atomic E-state index is 11.8. The van der Waals surface area contributed by atoms with Gasteiger partial charge in [0.25, 0.3) is 0 Å². The molecule has 0 aliphatic rings. The van der Waals surface area contributed by atoms with Crippen LogP contribution in [0.2, 0.25) is 0 Å². The van der Waals surface area contributed by atoms with E-state index in [0.29, 0.717) is 13.0 Å². The standard InChI is InChI=1S/C25H34N2O2/c1-3-4-5-6-7-8-9-10-25(28)27-26-19-22-15-17-24(18-16-22)29-20-23-13-11-21(2)12-14-23/h11-19H,3-10,20H2,1-2H3,(H,27,28)/b26-19+. The molecule has 0 unspecified atom stereocenters. The number of carbonyl (C=O) groups excluding carboxylic acids is 1. The quantitative estimate of drug-likeness (QED) is 0.251.